The van der Waals surface area contributed by atoms with Crippen LogP contribution in [0.5, 0.6) is 0 Å². The summed E-state index contributed by atoms with van der Waals surface area (Å²) in [5.74, 6) is -0.0748. The van der Waals surface area contributed by atoms with E-state index in [0.29, 0.717) is 11.4 Å². The average Bonchev–Trinajstić information content (AvgIpc) is 3.00. The topological polar surface area (TPSA) is 249 Å². The minimum atomic E-state index is -3.82. The van der Waals surface area contributed by atoms with E-state index >= 15 is 0 Å². The molecule has 1 aromatic carbocycles. The third-order valence-electron chi connectivity index (χ3n) is 3.53. The first-order valence-electron chi connectivity index (χ1n) is 8.35. The summed E-state index contributed by atoms with van der Waals surface area (Å²) in [4.78, 5) is 28.0. The van der Waals surface area contributed by atoms with Crippen molar-refractivity contribution >= 4 is 33.2 Å². The van der Waals surface area contributed by atoms with E-state index in [0.717, 1.165) is 4.68 Å². The fourth-order valence-electron chi connectivity index (χ4n) is 2.18. The predicted molar refractivity (Wildman–Crippen MR) is 109 cm³/mol. The van der Waals surface area contributed by atoms with Gasteiger partial charge in [-0.25, -0.2) is 28.3 Å². The fraction of sp³-hybridized carbons (Fsp3) is 0.0667. The monoisotopic (exact) mass is 465 g/mol. The zero-order valence-corrected chi connectivity index (χ0v) is 17.1. The van der Waals surface area contributed by atoms with Gasteiger partial charge in [-0.3, -0.25) is 15.9 Å². The summed E-state index contributed by atoms with van der Waals surface area (Å²) in [7, 11) is -3.82. The van der Waals surface area contributed by atoms with Crippen LogP contribution >= 0.6 is 0 Å². The summed E-state index contributed by atoms with van der Waals surface area (Å²) in [5.41, 5.74) is 5.66. The van der Waals surface area contributed by atoms with Crippen LogP contribution < -0.4 is 21.4 Å². The molecule has 0 atom stereocenters. The van der Waals surface area contributed by atoms with Crippen molar-refractivity contribution in [2.45, 2.75) is 11.8 Å². The predicted octanol–water partition coefficient (Wildman–Crippen LogP) is -0.935. The standard InChI is InChI=1S/C15H15N9O3S.HNO3/c1-9-13(14(25)24(22-9)15(16)17)21-20-10-2-4-11(5-3-10)28(26,27)23-12-6-7-18-8-19-12;2-1(3)4/h2-8,22H,1H3,(H3,16,17)(H,18,19,23);(H,2,3,4)/p+1. The minimum Gasteiger partial charge on any atom is -0.328 e. The van der Waals surface area contributed by atoms with Gasteiger partial charge in [-0.2, -0.15) is 5.11 Å². The number of aromatic nitrogens is 4. The third kappa shape index (κ3) is 6.16. The van der Waals surface area contributed by atoms with Crippen LogP contribution in [0.4, 0.5) is 17.2 Å². The number of nitrogens with one attached hydrogen (secondary N) is 2. The summed E-state index contributed by atoms with van der Waals surface area (Å²) in [6.07, 6.45) is 2.65. The number of azo groups is 1. The number of aryl methyl sites for hydroxylation is 1. The molecule has 2 heterocycles. The Labute approximate surface area is 179 Å². The second kappa shape index (κ2) is 9.89. The van der Waals surface area contributed by atoms with Gasteiger partial charge in [0.1, 0.15) is 12.1 Å². The number of nitrogens with zero attached hydrogens (tertiary/aromatic N) is 6. The maximum atomic E-state index is 12.3. The summed E-state index contributed by atoms with van der Waals surface area (Å²) in [5, 5.41) is 29.5. The molecule has 16 nitrogen and oxygen atoms in total. The molecule has 0 spiro atoms. The molecule has 0 saturated carbocycles. The van der Waals surface area contributed by atoms with Crippen LogP contribution in [0.25, 0.3) is 0 Å². The number of rotatable bonds is 5. The molecule has 0 saturated heterocycles. The Morgan fingerprint density at radius 2 is 1.94 bits per heavy atom. The van der Waals surface area contributed by atoms with Crippen LogP contribution in [0, 0.1) is 17.0 Å². The lowest BCUT2D eigenvalue weighted by atomic mass is 10.3. The number of benzene rings is 1. The molecule has 32 heavy (non-hydrogen) atoms. The third-order valence-corrected chi connectivity index (χ3v) is 4.90. The first-order valence-corrected chi connectivity index (χ1v) is 9.83. The molecule has 0 aliphatic rings. The molecule has 0 unspecified atom stereocenters. The molecule has 7 N–H and O–H groups in total. The Bertz CT molecular complexity index is 1290. The van der Waals surface area contributed by atoms with Crippen LogP contribution in [0.3, 0.4) is 0 Å². The lowest BCUT2D eigenvalue weighted by Crippen LogP contribution is -2.53. The second-order valence-electron chi connectivity index (χ2n) is 5.78. The van der Waals surface area contributed by atoms with E-state index in [-0.39, 0.29) is 22.4 Å². The van der Waals surface area contributed by atoms with E-state index in [4.69, 9.17) is 26.5 Å². The number of sulfonamides is 1. The quantitative estimate of drug-likeness (QED) is 0.102. The molecular formula is C15H17N10O6S+. The van der Waals surface area contributed by atoms with Gasteiger partial charge in [0.25, 0.3) is 15.1 Å². The molecule has 0 radical (unpaired) electrons. The molecule has 17 heteroatoms. The fourth-order valence-corrected chi connectivity index (χ4v) is 3.19. The zero-order chi connectivity index (χ0) is 23.9. The van der Waals surface area contributed by atoms with Crippen molar-refractivity contribution in [3.05, 3.63) is 69.0 Å². The summed E-state index contributed by atoms with van der Waals surface area (Å²) < 4.78 is 28.0. The normalized spacial score (nSPS) is 10.9. The van der Waals surface area contributed by atoms with Crippen molar-refractivity contribution in [3.63, 3.8) is 0 Å². The SMILES string of the molecule is Cc1[nH]n(C(N)=[NH2+])c(=O)c1N=Nc1ccc(S(=O)(=O)Nc2ccncn2)cc1.O=[N+]([O-])O. The Balaban J connectivity index is 0.000000837. The number of hydrogen-bond acceptors (Lipinski definition) is 9. The molecular weight excluding hydrogens is 448 g/mol. The van der Waals surface area contributed by atoms with Gasteiger partial charge in [0.05, 0.1) is 16.3 Å². The number of hydrogen-bond donors (Lipinski definition) is 5. The molecule has 0 bridgehead atoms. The van der Waals surface area contributed by atoms with Crippen molar-refractivity contribution in [1.29, 1.82) is 0 Å². The smallest absolute Gasteiger partial charge is 0.328 e. The molecule has 168 valence electrons. The molecule has 0 aliphatic carbocycles. The summed E-state index contributed by atoms with van der Waals surface area (Å²) in [6, 6.07) is 7.03. The largest absolute Gasteiger partial charge is 0.371 e. The van der Waals surface area contributed by atoms with Gasteiger partial charge in [0, 0.05) is 6.20 Å². The molecule has 3 rings (SSSR count). The highest BCUT2D eigenvalue weighted by molar-refractivity contribution is 7.92. The van der Waals surface area contributed by atoms with Crippen LogP contribution in [0.2, 0.25) is 0 Å². The van der Waals surface area contributed by atoms with Gasteiger partial charge in [0.15, 0.2) is 5.69 Å². The summed E-state index contributed by atoms with van der Waals surface area (Å²) in [6.45, 7) is 1.61. The van der Waals surface area contributed by atoms with Crippen LogP contribution in [0.15, 0.2) is 62.8 Å². The highest BCUT2D eigenvalue weighted by Crippen LogP contribution is 2.21. The first-order chi connectivity index (χ1) is 15.0. The van der Waals surface area contributed by atoms with Crippen molar-refractivity contribution < 1.29 is 24.1 Å². The maximum absolute atomic E-state index is 12.3. The lowest BCUT2D eigenvalue weighted by Gasteiger charge is -2.06. The van der Waals surface area contributed by atoms with E-state index in [2.05, 4.69) is 30.0 Å². The van der Waals surface area contributed by atoms with Gasteiger partial charge in [-0.15, -0.1) is 15.2 Å². The Hall–Kier alpha value is -4.67. The molecule has 2 aromatic heterocycles. The van der Waals surface area contributed by atoms with Gasteiger partial charge in [-0.1, -0.05) is 4.68 Å². The number of anilines is 1. The zero-order valence-electron chi connectivity index (χ0n) is 16.3. The highest BCUT2D eigenvalue weighted by Gasteiger charge is 2.17. The van der Waals surface area contributed by atoms with E-state index in [1.54, 1.807) is 6.92 Å². The van der Waals surface area contributed by atoms with Crippen molar-refractivity contribution in [2.24, 2.45) is 16.0 Å². The first kappa shape index (κ1) is 23.6. The number of aromatic amines is 1. The molecule has 3 aromatic rings. The second-order valence-corrected chi connectivity index (χ2v) is 7.47. The van der Waals surface area contributed by atoms with Crippen LogP contribution in [-0.4, -0.2) is 44.4 Å². The van der Waals surface area contributed by atoms with E-state index in [9.17, 15) is 13.2 Å². The molecule has 0 amide bonds. The van der Waals surface area contributed by atoms with E-state index < -0.39 is 20.7 Å². The number of H-pyrrole nitrogens is 1. The van der Waals surface area contributed by atoms with Gasteiger partial charge in [0.2, 0.25) is 0 Å². The van der Waals surface area contributed by atoms with E-state index in [1.807, 2.05) is 0 Å². The highest BCUT2D eigenvalue weighted by atomic mass is 32.2. The number of nitrogens with two attached hydrogens (primary N) is 2. The molecule has 0 aliphatic heterocycles. The lowest BCUT2D eigenvalue weighted by molar-refractivity contribution is -0.742. The van der Waals surface area contributed by atoms with Crippen LogP contribution in [0.1, 0.15) is 5.69 Å². The maximum Gasteiger partial charge on any atom is 0.371 e. The van der Waals surface area contributed by atoms with E-state index in [1.165, 1.54) is 42.9 Å². The Morgan fingerprint density at radius 3 is 2.44 bits per heavy atom. The Kier molecular flexibility index (Phi) is 7.30. The van der Waals surface area contributed by atoms with Crippen molar-refractivity contribution in [3.8, 4) is 0 Å². The Morgan fingerprint density at radius 1 is 1.31 bits per heavy atom. The molecule has 0 fully saturated rings. The average molecular weight is 465 g/mol. The van der Waals surface area contributed by atoms with Gasteiger partial charge < -0.3 is 5.21 Å². The van der Waals surface area contributed by atoms with Gasteiger partial charge >= 0.3 is 11.5 Å². The van der Waals surface area contributed by atoms with Crippen molar-refractivity contribution in [2.75, 3.05) is 4.72 Å². The van der Waals surface area contributed by atoms with Gasteiger partial charge in [-0.05, 0) is 37.3 Å². The van der Waals surface area contributed by atoms with Crippen LogP contribution in [-0.2, 0) is 10.0 Å². The summed E-state index contributed by atoms with van der Waals surface area (Å²) >= 11 is 0. The minimum absolute atomic E-state index is 0.00995. The van der Waals surface area contributed by atoms with Crippen molar-refractivity contribution in [1.82, 2.24) is 19.7 Å².